The van der Waals surface area contributed by atoms with Gasteiger partial charge in [-0.15, -0.1) is 0 Å². The van der Waals surface area contributed by atoms with Gasteiger partial charge in [0.1, 0.15) is 12.4 Å². The molecule has 1 aliphatic heterocycles. The van der Waals surface area contributed by atoms with Crippen molar-refractivity contribution in [3.8, 4) is 5.75 Å². The average molecular weight is 338 g/mol. The maximum absolute atomic E-state index is 12.3. The molecule has 0 radical (unpaired) electrons. The third-order valence-electron chi connectivity index (χ3n) is 3.96. The Labute approximate surface area is 145 Å². The first-order valence-electron chi connectivity index (χ1n) is 7.96. The molecule has 1 heterocycles. The zero-order chi connectivity index (χ0) is 17.8. The van der Waals surface area contributed by atoms with Crippen LogP contribution in [-0.2, 0) is 9.59 Å². The summed E-state index contributed by atoms with van der Waals surface area (Å²) in [6, 6.07) is 13.8. The van der Waals surface area contributed by atoms with Gasteiger partial charge in [0.15, 0.2) is 5.78 Å². The predicted molar refractivity (Wildman–Crippen MR) is 93.7 cm³/mol. The van der Waals surface area contributed by atoms with Crippen LogP contribution in [0.5, 0.6) is 5.75 Å². The van der Waals surface area contributed by atoms with Crippen LogP contribution in [-0.4, -0.2) is 24.2 Å². The Morgan fingerprint density at radius 2 is 1.88 bits per heavy atom. The zero-order valence-electron chi connectivity index (χ0n) is 13.7. The van der Waals surface area contributed by atoms with Gasteiger partial charge in [-0.1, -0.05) is 12.1 Å². The molecule has 1 aliphatic rings. The number of nitrogens with one attached hydrogen (secondary N) is 2. The van der Waals surface area contributed by atoms with Crippen LogP contribution >= 0.6 is 0 Å². The Morgan fingerprint density at radius 1 is 1.16 bits per heavy atom. The molecular weight excluding hydrogens is 320 g/mol. The number of carbonyl (C=O) groups is 3. The summed E-state index contributed by atoms with van der Waals surface area (Å²) in [6.45, 7) is 1.62. The van der Waals surface area contributed by atoms with Gasteiger partial charge < -0.3 is 15.4 Å². The number of Topliss-reactive ketones (excluding diaryl/α,β-unsaturated/α-hetero) is 1. The van der Waals surface area contributed by atoms with Gasteiger partial charge in [0.25, 0.3) is 0 Å². The van der Waals surface area contributed by atoms with Crippen molar-refractivity contribution in [1.82, 2.24) is 0 Å². The van der Waals surface area contributed by atoms with E-state index in [-0.39, 0.29) is 30.6 Å². The molecule has 0 bridgehead atoms. The number of ether oxygens (including phenoxy) is 1. The van der Waals surface area contributed by atoms with Crippen LogP contribution in [0.2, 0.25) is 0 Å². The van der Waals surface area contributed by atoms with Crippen molar-refractivity contribution in [3.05, 3.63) is 54.1 Å². The van der Waals surface area contributed by atoms with E-state index in [9.17, 15) is 14.4 Å². The van der Waals surface area contributed by atoms with E-state index >= 15 is 0 Å². The quantitative estimate of drug-likeness (QED) is 0.840. The summed E-state index contributed by atoms with van der Waals surface area (Å²) in [5.74, 6) is -0.551. The molecule has 0 saturated carbocycles. The van der Waals surface area contributed by atoms with E-state index in [1.807, 2.05) is 6.07 Å². The molecule has 128 valence electrons. The van der Waals surface area contributed by atoms with Crippen molar-refractivity contribution >= 4 is 29.0 Å². The lowest BCUT2D eigenvalue weighted by atomic mass is 10.1. The second kappa shape index (κ2) is 7.17. The highest BCUT2D eigenvalue weighted by atomic mass is 16.5. The Balaban J connectivity index is 1.61. The number of para-hydroxylation sites is 2. The first-order valence-corrected chi connectivity index (χ1v) is 7.96. The Hall–Kier alpha value is -3.15. The van der Waals surface area contributed by atoms with E-state index in [0.717, 1.165) is 0 Å². The van der Waals surface area contributed by atoms with Gasteiger partial charge in [0, 0.05) is 17.7 Å². The van der Waals surface area contributed by atoms with Gasteiger partial charge in [-0.2, -0.15) is 0 Å². The van der Waals surface area contributed by atoms with Crippen molar-refractivity contribution in [3.63, 3.8) is 0 Å². The topological polar surface area (TPSA) is 84.5 Å². The molecular formula is C19H18N2O4. The summed E-state index contributed by atoms with van der Waals surface area (Å²) >= 11 is 0. The number of fused-ring (bicyclic) bond motifs is 1. The number of carbonyl (C=O) groups excluding carboxylic acids is 3. The minimum atomic E-state index is -0.580. The number of ketones is 1. The van der Waals surface area contributed by atoms with Crippen LogP contribution < -0.4 is 15.4 Å². The number of rotatable bonds is 4. The Bertz CT molecular complexity index is 814. The monoisotopic (exact) mass is 338 g/mol. The molecule has 6 nitrogen and oxygen atoms in total. The van der Waals surface area contributed by atoms with Crippen LogP contribution in [0.1, 0.15) is 23.7 Å². The SMILES string of the molecule is CC(=O)c1ccc(NC(=O)C[C@H]2COc3ccccc3NC2=O)cc1. The number of benzene rings is 2. The summed E-state index contributed by atoms with van der Waals surface area (Å²) in [7, 11) is 0. The zero-order valence-corrected chi connectivity index (χ0v) is 13.7. The molecule has 0 aromatic heterocycles. The molecule has 2 N–H and O–H groups in total. The second-order valence-electron chi connectivity index (χ2n) is 5.88. The van der Waals surface area contributed by atoms with Crippen molar-refractivity contribution in [2.75, 3.05) is 17.2 Å². The fourth-order valence-electron chi connectivity index (χ4n) is 2.57. The van der Waals surface area contributed by atoms with Gasteiger partial charge in [0.05, 0.1) is 11.6 Å². The molecule has 0 unspecified atom stereocenters. The highest BCUT2D eigenvalue weighted by Crippen LogP contribution is 2.28. The summed E-state index contributed by atoms with van der Waals surface area (Å²) < 4.78 is 5.62. The lowest BCUT2D eigenvalue weighted by molar-refractivity contribution is -0.125. The van der Waals surface area contributed by atoms with Crippen LogP contribution in [0.4, 0.5) is 11.4 Å². The smallest absolute Gasteiger partial charge is 0.231 e. The average Bonchev–Trinajstić information content (AvgIpc) is 2.74. The van der Waals surface area contributed by atoms with Gasteiger partial charge in [-0.25, -0.2) is 0 Å². The fraction of sp³-hybridized carbons (Fsp3) is 0.211. The lowest BCUT2D eigenvalue weighted by Crippen LogP contribution is -2.29. The minimum Gasteiger partial charge on any atom is -0.491 e. The van der Waals surface area contributed by atoms with Crippen LogP contribution in [0, 0.1) is 5.92 Å². The van der Waals surface area contributed by atoms with Crippen LogP contribution in [0.15, 0.2) is 48.5 Å². The normalized spacial score (nSPS) is 16.0. The predicted octanol–water partition coefficient (Wildman–Crippen LogP) is 2.87. The molecule has 2 aromatic carbocycles. The van der Waals surface area contributed by atoms with Crippen molar-refractivity contribution in [1.29, 1.82) is 0 Å². The molecule has 0 spiro atoms. The Kier molecular flexibility index (Phi) is 4.79. The number of amides is 2. The highest BCUT2D eigenvalue weighted by Gasteiger charge is 2.26. The van der Waals surface area contributed by atoms with Gasteiger partial charge in [-0.05, 0) is 43.3 Å². The molecule has 0 fully saturated rings. The molecule has 1 atom stereocenters. The standard InChI is InChI=1S/C19H18N2O4/c1-12(22)13-6-8-15(9-7-13)20-18(23)10-14-11-25-17-5-3-2-4-16(17)21-19(14)24/h2-9,14H,10-11H2,1H3,(H,20,23)(H,21,24)/t14-/m0/s1. The molecule has 2 aromatic rings. The summed E-state index contributed by atoms with van der Waals surface area (Å²) in [5, 5.41) is 5.51. The largest absolute Gasteiger partial charge is 0.491 e. The molecule has 0 aliphatic carbocycles. The highest BCUT2D eigenvalue weighted by molar-refractivity contribution is 6.00. The molecule has 2 amide bonds. The van der Waals surface area contributed by atoms with E-state index in [0.29, 0.717) is 22.7 Å². The van der Waals surface area contributed by atoms with Crippen molar-refractivity contribution < 1.29 is 19.1 Å². The molecule has 3 rings (SSSR count). The molecule has 6 heteroatoms. The first-order chi connectivity index (χ1) is 12.0. The molecule has 25 heavy (non-hydrogen) atoms. The lowest BCUT2D eigenvalue weighted by Gasteiger charge is -2.13. The molecule has 0 saturated heterocycles. The Morgan fingerprint density at radius 3 is 2.60 bits per heavy atom. The van der Waals surface area contributed by atoms with E-state index in [1.165, 1.54) is 6.92 Å². The third-order valence-corrected chi connectivity index (χ3v) is 3.96. The van der Waals surface area contributed by atoms with Crippen LogP contribution in [0.25, 0.3) is 0 Å². The second-order valence-corrected chi connectivity index (χ2v) is 5.88. The van der Waals surface area contributed by atoms with E-state index in [2.05, 4.69) is 10.6 Å². The fourth-order valence-corrected chi connectivity index (χ4v) is 2.57. The van der Waals surface area contributed by atoms with E-state index in [1.54, 1.807) is 42.5 Å². The van der Waals surface area contributed by atoms with Gasteiger partial charge in [0.2, 0.25) is 11.8 Å². The first kappa shape index (κ1) is 16.7. The summed E-state index contributed by atoms with van der Waals surface area (Å²) in [5.41, 5.74) is 1.76. The maximum Gasteiger partial charge on any atom is 0.231 e. The number of hydrogen-bond donors (Lipinski definition) is 2. The number of anilines is 2. The number of hydrogen-bond acceptors (Lipinski definition) is 4. The van der Waals surface area contributed by atoms with E-state index in [4.69, 9.17) is 4.74 Å². The third kappa shape index (κ3) is 4.03. The summed E-state index contributed by atoms with van der Waals surface area (Å²) in [6.07, 6.45) is 0.00822. The maximum atomic E-state index is 12.3. The van der Waals surface area contributed by atoms with Crippen LogP contribution in [0.3, 0.4) is 0 Å². The van der Waals surface area contributed by atoms with Gasteiger partial charge in [-0.3, -0.25) is 14.4 Å². The minimum absolute atomic E-state index is 0.00822. The van der Waals surface area contributed by atoms with Crippen molar-refractivity contribution in [2.24, 2.45) is 5.92 Å². The van der Waals surface area contributed by atoms with E-state index < -0.39 is 5.92 Å². The summed E-state index contributed by atoms with van der Waals surface area (Å²) in [4.78, 5) is 35.8. The van der Waals surface area contributed by atoms with Gasteiger partial charge >= 0.3 is 0 Å². The van der Waals surface area contributed by atoms with Crippen molar-refractivity contribution in [2.45, 2.75) is 13.3 Å².